The molecule has 0 unspecified atom stereocenters. The topological polar surface area (TPSA) is 92.7 Å². The summed E-state index contributed by atoms with van der Waals surface area (Å²) in [4.78, 5) is 26.2. The summed E-state index contributed by atoms with van der Waals surface area (Å²) in [5, 5.41) is 8.57. The molecule has 0 atom stereocenters. The van der Waals surface area contributed by atoms with Crippen molar-refractivity contribution in [1.29, 1.82) is 0 Å². The number of piperazine rings is 1. The van der Waals surface area contributed by atoms with Gasteiger partial charge in [-0.1, -0.05) is 22.3 Å². The van der Waals surface area contributed by atoms with E-state index in [9.17, 15) is 4.79 Å². The third-order valence-electron chi connectivity index (χ3n) is 5.97. The molecule has 0 aliphatic carbocycles. The lowest BCUT2D eigenvalue weighted by atomic mass is 10.1. The van der Waals surface area contributed by atoms with Gasteiger partial charge >= 0.3 is 0 Å². The van der Waals surface area contributed by atoms with E-state index in [1.54, 1.807) is 10.7 Å². The molecule has 0 spiro atoms. The standard InChI is InChI=1S/C24H27N7O2/c1-15-9-16(2)11-19(10-15)24(32)30-7-5-29(6-8-30)14-21-27-23(33-28-21)20-13-25-31-18(4)12-17(3)26-22(20)31/h9-13H,5-8,14H2,1-4H3. The number of rotatable bonds is 4. The van der Waals surface area contributed by atoms with Crippen LogP contribution < -0.4 is 0 Å². The molecule has 1 saturated heterocycles. The summed E-state index contributed by atoms with van der Waals surface area (Å²) in [6, 6.07) is 7.98. The number of carbonyl (C=O) groups excluding carboxylic acids is 1. The maximum Gasteiger partial charge on any atom is 0.263 e. The zero-order valence-electron chi connectivity index (χ0n) is 19.4. The van der Waals surface area contributed by atoms with E-state index in [0.717, 1.165) is 46.7 Å². The number of nitrogens with zero attached hydrogens (tertiary/aromatic N) is 7. The molecule has 33 heavy (non-hydrogen) atoms. The number of fused-ring (bicyclic) bond motifs is 1. The Hall–Kier alpha value is -3.59. The molecule has 0 radical (unpaired) electrons. The maximum atomic E-state index is 12.9. The van der Waals surface area contributed by atoms with Crippen LogP contribution in [-0.4, -0.2) is 66.6 Å². The summed E-state index contributed by atoms with van der Waals surface area (Å²) in [5.74, 6) is 1.12. The highest BCUT2D eigenvalue weighted by Crippen LogP contribution is 2.23. The molecule has 9 heteroatoms. The van der Waals surface area contributed by atoms with Gasteiger partial charge in [0.1, 0.15) is 5.56 Å². The summed E-state index contributed by atoms with van der Waals surface area (Å²) >= 11 is 0. The molecule has 1 aliphatic rings. The molecule has 1 fully saturated rings. The van der Waals surface area contributed by atoms with Gasteiger partial charge in [0.2, 0.25) is 0 Å². The maximum absolute atomic E-state index is 12.9. The molecule has 1 aromatic carbocycles. The Bertz CT molecular complexity index is 1310. The van der Waals surface area contributed by atoms with Crippen molar-refractivity contribution in [1.82, 2.24) is 34.5 Å². The molecule has 3 aromatic heterocycles. The van der Waals surface area contributed by atoms with E-state index < -0.39 is 0 Å². The average molecular weight is 446 g/mol. The fourth-order valence-corrected chi connectivity index (χ4v) is 4.44. The first-order valence-corrected chi connectivity index (χ1v) is 11.1. The first kappa shape index (κ1) is 21.3. The van der Waals surface area contributed by atoms with E-state index in [0.29, 0.717) is 37.0 Å². The molecule has 0 saturated carbocycles. The van der Waals surface area contributed by atoms with E-state index in [1.807, 2.05) is 50.8 Å². The second-order valence-electron chi connectivity index (χ2n) is 8.79. The fourth-order valence-electron chi connectivity index (χ4n) is 4.44. The molecule has 4 aromatic rings. The first-order chi connectivity index (χ1) is 15.9. The highest BCUT2D eigenvalue weighted by atomic mass is 16.5. The van der Waals surface area contributed by atoms with Crippen LogP contribution in [0.3, 0.4) is 0 Å². The van der Waals surface area contributed by atoms with Crippen LogP contribution in [0.2, 0.25) is 0 Å². The summed E-state index contributed by atoms with van der Waals surface area (Å²) in [5.41, 5.74) is 6.32. The van der Waals surface area contributed by atoms with Crippen molar-refractivity contribution >= 4 is 11.6 Å². The molecular weight excluding hydrogens is 418 g/mol. The number of carbonyl (C=O) groups is 1. The molecule has 170 valence electrons. The third kappa shape index (κ3) is 4.23. The minimum atomic E-state index is 0.0921. The molecular formula is C24H27N7O2. The average Bonchev–Trinajstić information content (AvgIpc) is 3.40. The van der Waals surface area contributed by atoms with Crippen LogP contribution in [-0.2, 0) is 6.54 Å². The van der Waals surface area contributed by atoms with Crippen molar-refractivity contribution in [2.24, 2.45) is 0 Å². The Morgan fingerprint density at radius 2 is 1.70 bits per heavy atom. The van der Waals surface area contributed by atoms with Crippen LogP contribution >= 0.6 is 0 Å². The molecule has 9 nitrogen and oxygen atoms in total. The summed E-state index contributed by atoms with van der Waals surface area (Å²) in [7, 11) is 0. The smallest absolute Gasteiger partial charge is 0.263 e. The summed E-state index contributed by atoms with van der Waals surface area (Å²) in [6.07, 6.45) is 1.71. The van der Waals surface area contributed by atoms with Crippen LogP contribution in [0.4, 0.5) is 0 Å². The second-order valence-corrected chi connectivity index (χ2v) is 8.79. The highest BCUT2D eigenvalue weighted by molar-refractivity contribution is 5.94. The number of aryl methyl sites for hydroxylation is 4. The van der Waals surface area contributed by atoms with Gasteiger partial charge in [0.25, 0.3) is 11.8 Å². The van der Waals surface area contributed by atoms with E-state index >= 15 is 0 Å². The van der Waals surface area contributed by atoms with Gasteiger partial charge in [-0.15, -0.1) is 0 Å². The minimum absolute atomic E-state index is 0.0921. The third-order valence-corrected chi connectivity index (χ3v) is 5.97. The zero-order valence-corrected chi connectivity index (χ0v) is 19.4. The van der Waals surface area contributed by atoms with E-state index in [4.69, 9.17) is 4.52 Å². The summed E-state index contributed by atoms with van der Waals surface area (Å²) in [6.45, 7) is 11.4. The lowest BCUT2D eigenvalue weighted by Crippen LogP contribution is -2.48. The van der Waals surface area contributed by atoms with Crippen LogP contribution in [0, 0.1) is 27.7 Å². The Kier molecular flexibility index (Phi) is 5.41. The van der Waals surface area contributed by atoms with Crippen LogP contribution in [0.15, 0.2) is 35.0 Å². The fraction of sp³-hybridized carbons (Fsp3) is 0.375. The number of aromatic nitrogens is 5. The van der Waals surface area contributed by atoms with Crippen molar-refractivity contribution in [3.8, 4) is 11.5 Å². The Morgan fingerprint density at radius 3 is 2.42 bits per heavy atom. The second kappa shape index (κ2) is 8.40. The first-order valence-electron chi connectivity index (χ1n) is 11.1. The largest absolute Gasteiger partial charge is 0.336 e. The molecule has 1 aliphatic heterocycles. The van der Waals surface area contributed by atoms with Crippen molar-refractivity contribution in [3.05, 3.63) is 64.4 Å². The van der Waals surface area contributed by atoms with Crippen molar-refractivity contribution in [2.45, 2.75) is 34.2 Å². The SMILES string of the molecule is Cc1cc(C)cc(C(=O)N2CCN(Cc3noc(-c4cnn5c(C)cc(C)nc45)n3)CC2)c1. The predicted molar refractivity (Wildman–Crippen MR) is 123 cm³/mol. The molecule has 4 heterocycles. The van der Waals surface area contributed by atoms with Gasteiger partial charge in [0, 0.05) is 43.1 Å². The monoisotopic (exact) mass is 445 g/mol. The van der Waals surface area contributed by atoms with Gasteiger partial charge in [0.05, 0.1) is 12.7 Å². The van der Waals surface area contributed by atoms with Gasteiger partial charge in [0.15, 0.2) is 11.5 Å². The predicted octanol–water partition coefficient (Wildman–Crippen LogP) is 2.97. The Balaban J connectivity index is 1.24. The molecule has 1 amide bonds. The number of amides is 1. The van der Waals surface area contributed by atoms with Gasteiger partial charge in [-0.05, 0) is 45.9 Å². The number of benzene rings is 1. The summed E-state index contributed by atoms with van der Waals surface area (Å²) < 4.78 is 7.31. The van der Waals surface area contributed by atoms with E-state index in [1.165, 1.54) is 0 Å². The molecule has 0 bridgehead atoms. The quantitative estimate of drug-likeness (QED) is 0.477. The number of hydrogen-bond donors (Lipinski definition) is 0. The minimum Gasteiger partial charge on any atom is -0.336 e. The zero-order chi connectivity index (χ0) is 23.1. The van der Waals surface area contributed by atoms with Gasteiger partial charge < -0.3 is 9.42 Å². The van der Waals surface area contributed by atoms with Crippen LogP contribution in [0.5, 0.6) is 0 Å². The van der Waals surface area contributed by atoms with Crippen molar-refractivity contribution in [2.75, 3.05) is 26.2 Å². The normalized spacial score (nSPS) is 14.8. The Labute approximate surface area is 192 Å². The van der Waals surface area contributed by atoms with Crippen molar-refractivity contribution in [3.63, 3.8) is 0 Å². The lowest BCUT2D eigenvalue weighted by molar-refractivity contribution is 0.0624. The van der Waals surface area contributed by atoms with Gasteiger partial charge in [-0.2, -0.15) is 10.1 Å². The Morgan fingerprint density at radius 1 is 0.970 bits per heavy atom. The van der Waals surface area contributed by atoms with Crippen LogP contribution in [0.1, 0.15) is 38.7 Å². The number of hydrogen-bond acceptors (Lipinski definition) is 7. The highest BCUT2D eigenvalue weighted by Gasteiger charge is 2.24. The van der Waals surface area contributed by atoms with E-state index in [-0.39, 0.29) is 5.91 Å². The molecule has 0 N–H and O–H groups in total. The van der Waals surface area contributed by atoms with Crippen LogP contribution in [0.25, 0.3) is 17.1 Å². The lowest BCUT2D eigenvalue weighted by Gasteiger charge is -2.34. The molecule has 5 rings (SSSR count). The van der Waals surface area contributed by atoms with E-state index in [2.05, 4.69) is 31.2 Å². The van der Waals surface area contributed by atoms with Gasteiger partial charge in [-0.3, -0.25) is 9.69 Å². The van der Waals surface area contributed by atoms with Gasteiger partial charge in [-0.25, -0.2) is 9.50 Å². The van der Waals surface area contributed by atoms with Crippen molar-refractivity contribution < 1.29 is 9.32 Å².